The van der Waals surface area contributed by atoms with Gasteiger partial charge in [-0.05, 0) is 118 Å². The molecule has 5 rings (SSSR count). The number of aryl methyl sites for hydroxylation is 1. The molecule has 0 radical (unpaired) electrons. The number of nitrogens with zero attached hydrogens (tertiary/aromatic N) is 1. The molecule has 1 saturated heterocycles. The summed E-state index contributed by atoms with van der Waals surface area (Å²) in [5, 5.41) is 11.7. The predicted octanol–water partition coefficient (Wildman–Crippen LogP) is 5.65. The monoisotopic (exact) mass is 550 g/mol. The quantitative estimate of drug-likeness (QED) is 0.194. The molecule has 0 bridgehead atoms. The number of anilines is 1. The lowest BCUT2D eigenvalue weighted by atomic mass is 9.49. The highest BCUT2D eigenvalue weighted by Crippen LogP contribution is 2.61. The van der Waals surface area contributed by atoms with Crippen molar-refractivity contribution in [3.05, 3.63) is 41.5 Å². The van der Waals surface area contributed by atoms with E-state index < -0.39 is 5.54 Å². The third-order valence-electron chi connectivity index (χ3n) is 10.3. The minimum Gasteiger partial charge on any atom is -0.463 e. The molecule has 1 amide bonds. The maximum atomic E-state index is 13.5. The second-order valence-corrected chi connectivity index (χ2v) is 13.0. The second-order valence-electron chi connectivity index (χ2n) is 12.5. The number of ether oxygens (including phenoxy) is 1. The van der Waals surface area contributed by atoms with Gasteiger partial charge >= 0.3 is 5.97 Å². The highest BCUT2D eigenvalue weighted by molar-refractivity contribution is 7.80. The fourth-order valence-electron chi connectivity index (χ4n) is 8.39. The van der Waals surface area contributed by atoms with Crippen LogP contribution in [0.1, 0.15) is 78.2 Å². The third-order valence-corrected chi connectivity index (χ3v) is 10.5. The van der Waals surface area contributed by atoms with E-state index in [9.17, 15) is 9.59 Å². The first-order valence-corrected chi connectivity index (χ1v) is 14.8. The Morgan fingerprint density at radius 2 is 1.92 bits per heavy atom. The van der Waals surface area contributed by atoms with Crippen molar-refractivity contribution in [2.45, 2.75) is 91.2 Å². The molecule has 1 aliphatic heterocycles. The average molecular weight is 551 g/mol. The normalized spacial score (nSPS) is 35.8. The van der Waals surface area contributed by atoms with Crippen LogP contribution in [0.5, 0.6) is 0 Å². The van der Waals surface area contributed by atoms with Crippen molar-refractivity contribution in [1.82, 2.24) is 10.7 Å². The van der Waals surface area contributed by atoms with Gasteiger partial charge in [0.25, 0.3) is 0 Å². The molecule has 3 fully saturated rings. The topological polar surface area (TPSA) is 91.8 Å². The van der Waals surface area contributed by atoms with Crippen LogP contribution in [-0.4, -0.2) is 34.3 Å². The van der Waals surface area contributed by atoms with Crippen LogP contribution < -0.4 is 16.1 Å². The fraction of sp³-hybridized carbons (Fsp3) is 0.613. The van der Waals surface area contributed by atoms with Gasteiger partial charge in [-0.15, -0.1) is 0 Å². The number of hydrogen-bond acceptors (Lipinski definition) is 5. The van der Waals surface area contributed by atoms with E-state index in [2.05, 4.69) is 41.1 Å². The number of hydrazone groups is 1. The molecule has 1 heterocycles. The van der Waals surface area contributed by atoms with Crippen LogP contribution >= 0.6 is 12.2 Å². The summed E-state index contributed by atoms with van der Waals surface area (Å²) in [6.45, 7) is 10.1. The first-order valence-electron chi connectivity index (χ1n) is 14.4. The zero-order valence-electron chi connectivity index (χ0n) is 23.8. The average Bonchev–Trinajstić information content (AvgIpc) is 3.15. The van der Waals surface area contributed by atoms with Crippen LogP contribution in [0.4, 0.5) is 5.69 Å². The van der Waals surface area contributed by atoms with E-state index in [0.717, 1.165) is 61.1 Å². The fourth-order valence-corrected chi connectivity index (χ4v) is 8.54. The van der Waals surface area contributed by atoms with Gasteiger partial charge in [0, 0.05) is 19.0 Å². The molecule has 3 N–H and O–H groups in total. The molecule has 0 aromatic heterocycles. The van der Waals surface area contributed by atoms with Crippen molar-refractivity contribution in [3.63, 3.8) is 0 Å². The molecular weight excluding hydrogens is 508 g/mol. The van der Waals surface area contributed by atoms with Crippen LogP contribution in [-0.2, 0) is 14.3 Å². The Kier molecular flexibility index (Phi) is 7.61. The molecule has 4 aliphatic rings. The predicted molar refractivity (Wildman–Crippen MR) is 158 cm³/mol. The second kappa shape index (κ2) is 10.7. The number of carbonyl (C=O) groups excluding carboxylic acids is 2. The van der Waals surface area contributed by atoms with E-state index in [1.165, 1.54) is 6.92 Å². The highest BCUT2D eigenvalue weighted by Gasteiger charge is 2.59. The van der Waals surface area contributed by atoms with E-state index >= 15 is 0 Å². The molecular formula is C31H42N4O3S. The number of para-hydroxylation sites is 1. The number of carbonyl (C=O) groups is 2. The Balaban J connectivity index is 1.32. The number of rotatable bonds is 4. The Morgan fingerprint density at radius 1 is 1.15 bits per heavy atom. The number of hydrogen-bond donors (Lipinski definition) is 3. The summed E-state index contributed by atoms with van der Waals surface area (Å²) in [6.07, 6.45) is 8.82. The van der Waals surface area contributed by atoms with Gasteiger partial charge in [0.2, 0.25) is 5.91 Å². The number of esters is 1. The van der Waals surface area contributed by atoms with Crippen molar-refractivity contribution < 1.29 is 14.3 Å². The zero-order chi connectivity index (χ0) is 27.9. The van der Waals surface area contributed by atoms with E-state index in [1.807, 2.05) is 38.1 Å². The van der Waals surface area contributed by atoms with Crippen LogP contribution in [0.25, 0.3) is 0 Å². The van der Waals surface area contributed by atoms with Gasteiger partial charge in [-0.3, -0.25) is 15.0 Å². The molecule has 2 saturated carbocycles. The lowest BCUT2D eigenvalue weighted by Crippen LogP contribution is -2.54. The van der Waals surface area contributed by atoms with Crippen LogP contribution in [0.3, 0.4) is 0 Å². The highest BCUT2D eigenvalue weighted by atomic mass is 32.1. The Bertz CT molecular complexity index is 1230. The molecule has 39 heavy (non-hydrogen) atoms. The Morgan fingerprint density at radius 3 is 2.67 bits per heavy atom. The van der Waals surface area contributed by atoms with Crippen LogP contribution in [0, 0.1) is 36.0 Å². The summed E-state index contributed by atoms with van der Waals surface area (Å²) in [6, 6.07) is 7.99. The summed E-state index contributed by atoms with van der Waals surface area (Å²) < 4.78 is 5.61. The van der Waals surface area contributed by atoms with Crippen LogP contribution in [0.15, 0.2) is 41.0 Å². The Labute approximate surface area is 237 Å². The third kappa shape index (κ3) is 5.24. The van der Waals surface area contributed by atoms with Gasteiger partial charge in [0.1, 0.15) is 6.10 Å². The summed E-state index contributed by atoms with van der Waals surface area (Å²) in [4.78, 5) is 25.1. The smallest absolute Gasteiger partial charge is 0.302 e. The van der Waals surface area contributed by atoms with Gasteiger partial charge in [0.05, 0.1) is 11.3 Å². The molecule has 0 unspecified atom stereocenters. The van der Waals surface area contributed by atoms with Crippen LogP contribution in [0.2, 0.25) is 0 Å². The molecule has 7 nitrogen and oxygen atoms in total. The minimum atomic E-state index is -0.463. The lowest BCUT2D eigenvalue weighted by Gasteiger charge is -2.56. The maximum Gasteiger partial charge on any atom is 0.302 e. The summed E-state index contributed by atoms with van der Waals surface area (Å²) in [7, 11) is 0. The first kappa shape index (κ1) is 27.8. The molecule has 1 aromatic carbocycles. The molecule has 8 heteroatoms. The van der Waals surface area contributed by atoms with E-state index in [4.69, 9.17) is 17.0 Å². The number of benzene rings is 1. The lowest BCUT2D eigenvalue weighted by molar-refractivity contribution is -0.155. The minimum absolute atomic E-state index is 0.0134. The summed E-state index contributed by atoms with van der Waals surface area (Å²) in [5.41, 5.74) is 6.61. The number of nitrogens with one attached hydrogen (secondary N) is 3. The van der Waals surface area contributed by atoms with Crippen molar-refractivity contribution in [1.29, 1.82) is 0 Å². The van der Waals surface area contributed by atoms with Gasteiger partial charge in [-0.1, -0.05) is 31.2 Å². The van der Waals surface area contributed by atoms with Gasteiger partial charge in [-0.25, -0.2) is 0 Å². The maximum absolute atomic E-state index is 13.5. The molecule has 0 spiro atoms. The van der Waals surface area contributed by atoms with Gasteiger partial charge in [0.15, 0.2) is 5.11 Å². The number of fused-ring (bicyclic) bond motifs is 5. The summed E-state index contributed by atoms with van der Waals surface area (Å²) >= 11 is 5.50. The largest absolute Gasteiger partial charge is 0.463 e. The van der Waals surface area contributed by atoms with Gasteiger partial charge < -0.3 is 15.4 Å². The molecule has 3 aliphatic carbocycles. The van der Waals surface area contributed by atoms with Crippen molar-refractivity contribution >= 4 is 40.6 Å². The molecule has 7 atom stereocenters. The van der Waals surface area contributed by atoms with Crippen molar-refractivity contribution in [2.24, 2.45) is 34.2 Å². The SMILES string of the molecule is CC(=O)O[C@H]1CC[C@@]2(C)[C@@H](CC[C@@H]3[C@@H]2CC(=O)N[C@]2(C)C(/C(C)=N/NC(=S)Nc4ccccc4C)=CC[C@@H]32)C1. The van der Waals surface area contributed by atoms with Crippen molar-refractivity contribution in [3.8, 4) is 0 Å². The molecule has 1 aromatic rings. The zero-order valence-corrected chi connectivity index (χ0v) is 24.6. The molecule has 210 valence electrons. The number of allylic oxidation sites excluding steroid dienone is 1. The van der Waals surface area contributed by atoms with E-state index in [1.54, 1.807) is 0 Å². The number of amides is 1. The van der Waals surface area contributed by atoms with Crippen molar-refractivity contribution in [2.75, 3.05) is 5.32 Å². The standard InChI is InChI=1S/C31H42N4O3S/c1-18-8-6-7-9-27(18)32-29(39)35-34-19(2)24-12-13-25-23-11-10-21-16-22(38-20(3)36)14-15-30(21,4)26(23)17-28(37)33-31(24,25)5/h6-9,12,21-23,25-26H,10-11,13-17H2,1-5H3,(H,33,37)(H2,32,35,39)/b34-19+/t21-,22-,23-,25-,26-,30-,31+/m0/s1. The Hall–Kier alpha value is -2.74. The number of thiocarbonyl (C=S) groups is 1. The van der Waals surface area contributed by atoms with E-state index in [0.29, 0.717) is 35.2 Å². The summed E-state index contributed by atoms with van der Waals surface area (Å²) in [5.74, 6) is 1.54. The van der Waals surface area contributed by atoms with Gasteiger partial charge in [-0.2, -0.15) is 5.10 Å². The first-order chi connectivity index (χ1) is 18.5. The van der Waals surface area contributed by atoms with E-state index in [-0.39, 0.29) is 23.4 Å².